The number of likely N-dealkylation sites (N-methyl/N-ethyl adjacent to an activating group) is 1. The molecule has 4 aliphatic rings. The molecule has 7 rings (SSSR count). The number of hydrogen-bond acceptors (Lipinski definition) is 7. The lowest BCUT2D eigenvalue weighted by molar-refractivity contribution is -0.164. The first-order chi connectivity index (χ1) is 25.1. The Morgan fingerprint density at radius 3 is 2.38 bits per heavy atom. The second-order valence-electron chi connectivity index (χ2n) is 14.9. The zero-order valence-corrected chi connectivity index (χ0v) is 30.1. The average molecular weight is 706 g/mol. The van der Waals surface area contributed by atoms with Crippen LogP contribution in [0.1, 0.15) is 51.7 Å². The number of carbonyl (C=O) groups excluding carboxylic acids is 4. The molecule has 0 saturated carbocycles. The number of hydrogen-bond donors (Lipinski definition) is 1. The van der Waals surface area contributed by atoms with E-state index in [-0.39, 0.29) is 37.3 Å². The maximum Gasteiger partial charge on any atom is 0.313 e. The summed E-state index contributed by atoms with van der Waals surface area (Å²) >= 11 is 0. The molecule has 2 saturated heterocycles. The van der Waals surface area contributed by atoms with Crippen molar-refractivity contribution in [3.63, 3.8) is 0 Å². The molecule has 1 N–H and O–H groups in total. The van der Waals surface area contributed by atoms with Gasteiger partial charge in [-0.3, -0.25) is 19.2 Å². The average Bonchev–Trinajstić information content (AvgIpc) is 3.54. The number of esters is 1. The number of benzene rings is 3. The molecule has 1 spiro atoms. The van der Waals surface area contributed by atoms with Gasteiger partial charge in [0.1, 0.15) is 23.7 Å². The van der Waals surface area contributed by atoms with E-state index in [0.717, 1.165) is 10.8 Å². The van der Waals surface area contributed by atoms with Gasteiger partial charge in [-0.25, -0.2) is 0 Å². The SMILES string of the molecule is CC(C)C[C@H](CO)N1C(=O)[C@@H]2[C@H]3C(=O)O[C@H](c4ccccc4)[C@@H](C)N(C)C(=O)CC/C=C\[C@H]3O[C@@]23C=CCN(c2ccc4ccccc4c2)C(=O)[C@@H]13. The molecule has 10 heteroatoms. The number of nitrogens with zero attached hydrogens (tertiary/aromatic N) is 3. The van der Waals surface area contributed by atoms with Gasteiger partial charge in [0.15, 0.2) is 0 Å². The zero-order valence-electron chi connectivity index (χ0n) is 30.1. The van der Waals surface area contributed by atoms with Crippen molar-refractivity contribution in [3.8, 4) is 0 Å². The Labute approximate surface area is 304 Å². The van der Waals surface area contributed by atoms with E-state index in [0.29, 0.717) is 24.1 Å². The molecule has 0 radical (unpaired) electrons. The molecule has 0 unspecified atom stereocenters. The second kappa shape index (κ2) is 14.3. The number of likely N-dealkylation sites (tertiary alicyclic amines) is 1. The summed E-state index contributed by atoms with van der Waals surface area (Å²) in [6.07, 6.45) is 6.54. The van der Waals surface area contributed by atoms with E-state index >= 15 is 9.59 Å². The first-order valence-electron chi connectivity index (χ1n) is 18.3. The number of carbonyl (C=O) groups is 4. The van der Waals surface area contributed by atoms with Crippen LogP contribution in [0.5, 0.6) is 0 Å². The van der Waals surface area contributed by atoms with Crippen LogP contribution in [0.3, 0.4) is 0 Å². The molecule has 10 nitrogen and oxygen atoms in total. The normalized spacial score (nSPS) is 30.7. The first kappa shape index (κ1) is 35.6. The number of aliphatic hydroxyl groups excluding tert-OH is 1. The number of anilines is 1. The Kier molecular flexibility index (Phi) is 9.80. The van der Waals surface area contributed by atoms with Crippen molar-refractivity contribution in [1.82, 2.24) is 9.80 Å². The minimum atomic E-state index is -1.52. The molecule has 0 aromatic heterocycles. The fraction of sp³-hybridized carbons (Fsp3) is 0.429. The van der Waals surface area contributed by atoms with Crippen LogP contribution in [0.25, 0.3) is 10.8 Å². The molecule has 4 aliphatic heterocycles. The molecule has 272 valence electrons. The summed E-state index contributed by atoms with van der Waals surface area (Å²) in [6, 6.07) is 20.6. The third-order valence-electron chi connectivity index (χ3n) is 11.3. The van der Waals surface area contributed by atoms with Crippen molar-refractivity contribution in [2.45, 2.75) is 76.0 Å². The Morgan fingerprint density at radius 1 is 0.923 bits per heavy atom. The molecule has 52 heavy (non-hydrogen) atoms. The maximum absolute atomic E-state index is 15.1. The van der Waals surface area contributed by atoms with Crippen LogP contribution in [0, 0.1) is 17.8 Å². The summed E-state index contributed by atoms with van der Waals surface area (Å²) in [4.78, 5) is 62.8. The second-order valence-corrected chi connectivity index (χ2v) is 14.9. The molecule has 8 atom stereocenters. The number of rotatable bonds is 6. The van der Waals surface area contributed by atoms with Gasteiger partial charge in [-0.05, 0) is 54.2 Å². The van der Waals surface area contributed by atoms with E-state index in [9.17, 15) is 14.7 Å². The number of amides is 3. The van der Waals surface area contributed by atoms with Gasteiger partial charge in [0.2, 0.25) is 11.8 Å². The molecular weight excluding hydrogens is 658 g/mol. The highest BCUT2D eigenvalue weighted by atomic mass is 16.6. The third-order valence-corrected chi connectivity index (χ3v) is 11.3. The standard InChI is InChI=1S/C42H47N3O7/c1-26(2)23-32(25-46)45-38-40(49)44(31-20-19-28-13-8-9-16-30(28)24-31)22-12-21-42(38)36(39(45)48)35-33(52-42)17-10-11-18-34(47)43(4)27(3)37(51-41(35)50)29-14-6-5-7-15-29/h5-10,12-17,19-21,24,26-27,32-33,35-38,46H,11,18,22-23,25H2,1-4H3/b17-10-/t27-,32-,33-,35+,36+,37+,38-,42+/m1/s1. The van der Waals surface area contributed by atoms with Crippen LogP contribution in [-0.2, 0) is 28.7 Å². The predicted molar refractivity (Wildman–Crippen MR) is 197 cm³/mol. The van der Waals surface area contributed by atoms with Crippen LogP contribution in [0.15, 0.2) is 97.1 Å². The van der Waals surface area contributed by atoms with Gasteiger partial charge in [0, 0.05) is 25.7 Å². The lowest BCUT2D eigenvalue weighted by Gasteiger charge is -2.39. The first-order valence-corrected chi connectivity index (χ1v) is 18.3. The Balaban J connectivity index is 1.34. The highest BCUT2D eigenvalue weighted by Gasteiger charge is 2.72. The molecular formula is C42H47N3O7. The van der Waals surface area contributed by atoms with Crippen molar-refractivity contribution >= 4 is 40.2 Å². The zero-order chi connectivity index (χ0) is 36.7. The summed E-state index contributed by atoms with van der Waals surface area (Å²) in [5.74, 6) is -3.62. The van der Waals surface area contributed by atoms with E-state index in [4.69, 9.17) is 9.47 Å². The quantitative estimate of drug-likeness (QED) is 0.277. The highest BCUT2D eigenvalue weighted by molar-refractivity contribution is 6.06. The Hall–Kier alpha value is -4.80. The van der Waals surface area contributed by atoms with Gasteiger partial charge in [0.05, 0.1) is 30.7 Å². The van der Waals surface area contributed by atoms with Crippen molar-refractivity contribution in [2.24, 2.45) is 17.8 Å². The number of cyclic esters (lactones) is 1. The maximum atomic E-state index is 15.1. The van der Waals surface area contributed by atoms with Gasteiger partial charge in [-0.15, -0.1) is 0 Å². The minimum absolute atomic E-state index is 0.0915. The summed E-state index contributed by atoms with van der Waals surface area (Å²) in [5, 5.41) is 12.8. The molecule has 3 aromatic rings. The van der Waals surface area contributed by atoms with Gasteiger partial charge >= 0.3 is 5.97 Å². The fourth-order valence-electron chi connectivity index (χ4n) is 8.62. The van der Waals surface area contributed by atoms with Crippen LogP contribution in [-0.4, -0.2) is 88.6 Å². The highest BCUT2D eigenvalue weighted by Crippen LogP contribution is 2.54. The summed E-state index contributed by atoms with van der Waals surface area (Å²) < 4.78 is 13.3. The largest absolute Gasteiger partial charge is 0.455 e. The van der Waals surface area contributed by atoms with Gasteiger partial charge < -0.3 is 29.3 Å². The number of ether oxygens (including phenoxy) is 2. The third kappa shape index (κ3) is 6.11. The van der Waals surface area contributed by atoms with E-state index in [1.807, 2.05) is 106 Å². The topological polar surface area (TPSA) is 117 Å². The molecule has 0 bridgehead atoms. The van der Waals surface area contributed by atoms with E-state index in [1.54, 1.807) is 29.0 Å². The molecule has 4 heterocycles. The van der Waals surface area contributed by atoms with Crippen molar-refractivity contribution in [2.75, 3.05) is 25.1 Å². The van der Waals surface area contributed by atoms with Crippen LogP contribution in [0.4, 0.5) is 5.69 Å². The number of aliphatic hydroxyl groups is 1. The van der Waals surface area contributed by atoms with Gasteiger partial charge in [-0.1, -0.05) is 98.8 Å². The van der Waals surface area contributed by atoms with Crippen molar-refractivity contribution in [3.05, 3.63) is 103 Å². The minimum Gasteiger partial charge on any atom is -0.455 e. The lowest BCUT2D eigenvalue weighted by atomic mass is 9.77. The molecule has 3 aromatic carbocycles. The van der Waals surface area contributed by atoms with E-state index in [2.05, 4.69) is 0 Å². The Bertz CT molecular complexity index is 1910. The smallest absolute Gasteiger partial charge is 0.313 e. The van der Waals surface area contributed by atoms with E-state index in [1.165, 1.54) is 4.90 Å². The molecule has 0 aliphatic carbocycles. The molecule has 3 amide bonds. The van der Waals surface area contributed by atoms with Crippen LogP contribution in [0.2, 0.25) is 0 Å². The van der Waals surface area contributed by atoms with Gasteiger partial charge in [0.25, 0.3) is 5.91 Å². The number of fused-ring (bicyclic) bond motifs is 3. The van der Waals surface area contributed by atoms with Crippen molar-refractivity contribution < 1.29 is 33.8 Å². The van der Waals surface area contributed by atoms with Crippen LogP contribution < -0.4 is 4.90 Å². The monoisotopic (exact) mass is 705 g/mol. The van der Waals surface area contributed by atoms with Crippen molar-refractivity contribution in [1.29, 1.82) is 0 Å². The van der Waals surface area contributed by atoms with Crippen LogP contribution >= 0.6 is 0 Å². The fourth-order valence-corrected chi connectivity index (χ4v) is 8.62. The predicted octanol–water partition coefficient (Wildman–Crippen LogP) is 5.21. The summed E-state index contributed by atoms with van der Waals surface area (Å²) in [6.45, 7) is 5.72. The van der Waals surface area contributed by atoms with Gasteiger partial charge in [-0.2, -0.15) is 0 Å². The Morgan fingerprint density at radius 2 is 1.65 bits per heavy atom. The lowest BCUT2D eigenvalue weighted by Crippen LogP contribution is -2.58. The van der Waals surface area contributed by atoms with E-state index < -0.39 is 59.6 Å². The summed E-state index contributed by atoms with van der Waals surface area (Å²) in [5.41, 5.74) is -0.141. The number of allylic oxidation sites excluding steroid dienone is 1. The summed E-state index contributed by atoms with van der Waals surface area (Å²) in [7, 11) is 1.71. The molecule has 2 fully saturated rings.